The van der Waals surface area contributed by atoms with Crippen molar-refractivity contribution in [3.8, 4) is 5.75 Å². The number of nitrogens with one attached hydrogen (secondary N) is 3. The zero-order valence-corrected chi connectivity index (χ0v) is 20.5. The van der Waals surface area contributed by atoms with Crippen LogP contribution in [0, 0.1) is 0 Å². The maximum absolute atomic E-state index is 12.9. The maximum atomic E-state index is 12.9. The molecule has 2 amide bonds. The summed E-state index contributed by atoms with van der Waals surface area (Å²) in [6, 6.07) is 14.3. The number of hydrogen-bond acceptors (Lipinski definition) is 7. The SMILES string of the molecule is C[C@@H](NC(=O)[C@@H](N)Cc1ccc(O)cc1)C(=O)NCC(=O)C1CNCCN1CC=Cc1ccccc1. The molecule has 1 aliphatic rings. The number of piperazine rings is 1. The number of aromatic hydroxyl groups is 1. The number of phenols is 1. The molecule has 0 aliphatic carbocycles. The molecule has 1 unspecified atom stereocenters. The van der Waals surface area contributed by atoms with Crippen LogP contribution in [0.4, 0.5) is 0 Å². The van der Waals surface area contributed by atoms with Gasteiger partial charge in [0.25, 0.3) is 0 Å². The molecule has 0 aromatic heterocycles. The van der Waals surface area contributed by atoms with Gasteiger partial charge in [0.2, 0.25) is 11.8 Å². The van der Waals surface area contributed by atoms with Gasteiger partial charge in [-0.1, -0.05) is 54.6 Å². The van der Waals surface area contributed by atoms with Crippen molar-refractivity contribution in [2.24, 2.45) is 5.73 Å². The molecule has 1 fully saturated rings. The lowest BCUT2D eigenvalue weighted by atomic mass is 10.1. The predicted molar refractivity (Wildman–Crippen MR) is 139 cm³/mol. The number of phenolic OH excluding ortho intramolecular Hbond substituents is 1. The number of nitrogens with two attached hydrogens (primary N) is 1. The van der Waals surface area contributed by atoms with Gasteiger partial charge in [0.05, 0.1) is 18.6 Å². The van der Waals surface area contributed by atoms with Crippen molar-refractivity contribution in [2.45, 2.75) is 31.5 Å². The molecule has 36 heavy (non-hydrogen) atoms. The summed E-state index contributed by atoms with van der Waals surface area (Å²) in [5.41, 5.74) is 7.86. The lowest BCUT2D eigenvalue weighted by Crippen LogP contribution is -2.57. The van der Waals surface area contributed by atoms with Crippen molar-refractivity contribution in [3.05, 3.63) is 71.8 Å². The van der Waals surface area contributed by atoms with Crippen molar-refractivity contribution in [3.63, 3.8) is 0 Å². The van der Waals surface area contributed by atoms with Crippen LogP contribution in [0.3, 0.4) is 0 Å². The lowest BCUT2D eigenvalue weighted by Gasteiger charge is -2.34. The Morgan fingerprint density at radius 3 is 2.58 bits per heavy atom. The Morgan fingerprint density at radius 1 is 1.14 bits per heavy atom. The molecule has 0 bridgehead atoms. The van der Waals surface area contributed by atoms with Crippen LogP contribution in [-0.2, 0) is 20.8 Å². The Balaban J connectivity index is 1.44. The third-order valence-electron chi connectivity index (χ3n) is 6.09. The van der Waals surface area contributed by atoms with Crippen LogP contribution in [-0.4, -0.2) is 78.5 Å². The largest absolute Gasteiger partial charge is 0.508 e. The van der Waals surface area contributed by atoms with E-state index in [1.54, 1.807) is 19.1 Å². The van der Waals surface area contributed by atoms with Crippen LogP contribution in [0.15, 0.2) is 60.7 Å². The first-order valence-corrected chi connectivity index (χ1v) is 12.1. The van der Waals surface area contributed by atoms with E-state index >= 15 is 0 Å². The quantitative estimate of drug-likeness (QED) is 0.306. The van der Waals surface area contributed by atoms with E-state index in [4.69, 9.17) is 5.73 Å². The summed E-state index contributed by atoms with van der Waals surface area (Å²) in [5, 5.41) is 17.8. The molecule has 9 heteroatoms. The molecule has 1 heterocycles. The zero-order chi connectivity index (χ0) is 25.9. The van der Waals surface area contributed by atoms with Gasteiger partial charge in [0.15, 0.2) is 5.78 Å². The van der Waals surface area contributed by atoms with E-state index in [1.165, 1.54) is 12.1 Å². The number of nitrogens with zero attached hydrogens (tertiary/aromatic N) is 1. The van der Waals surface area contributed by atoms with Crippen molar-refractivity contribution < 1.29 is 19.5 Å². The van der Waals surface area contributed by atoms with Crippen molar-refractivity contribution >= 4 is 23.7 Å². The molecule has 3 rings (SSSR count). The summed E-state index contributed by atoms with van der Waals surface area (Å²) in [6.07, 6.45) is 4.34. The Morgan fingerprint density at radius 2 is 1.86 bits per heavy atom. The summed E-state index contributed by atoms with van der Waals surface area (Å²) in [7, 11) is 0. The Bertz CT molecular complexity index is 1040. The van der Waals surface area contributed by atoms with Gasteiger partial charge in [-0.25, -0.2) is 0 Å². The van der Waals surface area contributed by atoms with Crippen LogP contribution in [0.5, 0.6) is 5.75 Å². The highest BCUT2D eigenvalue weighted by Gasteiger charge is 2.28. The van der Waals surface area contributed by atoms with Crippen LogP contribution in [0.25, 0.3) is 6.08 Å². The monoisotopic (exact) mass is 493 g/mol. The van der Waals surface area contributed by atoms with Crippen LogP contribution in [0.1, 0.15) is 18.1 Å². The second kappa shape index (κ2) is 13.5. The van der Waals surface area contributed by atoms with Gasteiger partial charge in [-0.2, -0.15) is 0 Å². The van der Waals surface area contributed by atoms with E-state index in [0.717, 1.165) is 24.2 Å². The smallest absolute Gasteiger partial charge is 0.242 e. The van der Waals surface area contributed by atoms with E-state index in [2.05, 4.69) is 20.9 Å². The van der Waals surface area contributed by atoms with Gasteiger partial charge in [-0.05, 0) is 36.6 Å². The minimum absolute atomic E-state index is 0.0915. The van der Waals surface area contributed by atoms with Crippen LogP contribution in [0.2, 0.25) is 0 Å². The van der Waals surface area contributed by atoms with Gasteiger partial charge in [-0.15, -0.1) is 0 Å². The molecular formula is C27H35N5O4. The normalized spacial score (nSPS) is 17.9. The predicted octanol–water partition coefficient (Wildman–Crippen LogP) is 0.439. The molecule has 0 radical (unpaired) electrons. The fourth-order valence-corrected chi connectivity index (χ4v) is 3.98. The van der Waals surface area contributed by atoms with Gasteiger partial charge in [0, 0.05) is 26.2 Å². The fourth-order valence-electron chi connectivity index (χ4n) is 3.98. The second-order valence-electron chi connectivity index (χ2n) is 8.92. The lowest BCUT2D eigenvalue weighted by molar-refractivity contribution is -0.131. The number of Topliss-reactive ketones (excluding diaryl/α,β-unsaturated/α-hetero) is 1. The third kappa shape index (κ3) is 8.30. The number of carbonyl (C=O) groups is 3. The van der Waals surface area contributed by atoms with Gasteiger partial charge < -0.3 is 26.8 Å². The van der Waals surface area contributed by atoms with E-state index in [9.17, 15) is 19.5 Å². The molecule has 1 aliphatic heterocycles. The fraction of sp³-hybridized carbons (Fsp3) is 0.370. The Hall–Kier alpha value is -3.53. The van der Waals surface area contributed by atoms with Crippen molar-refractivity contribution in [1.29, 1.82) is 0 Å². The first-order chi connectivity index (χ1) is 17.3. The van der Waals surface area contributed by atoms with Crippen LogP contribution < -0.4 is 21.7 Å². The highest BCUT2D eigenvalue weighted by atomic mass is 16.3. The molecule has 3 atom stereocenters. The molecule has 192 valence electrons. The van der Waals surface area contributed by atoms with Gasteiger partial charge >= 0.3 is 0 Å². The van der Waals surface area contributed by atoms with Crippen molar-refractivity contribution in [1.82, 2.24) is 20.9 Å². The number of ketones is 1. The van der Waals surface area contributed by atoms with Gasteiger partial charge in [0.1, 0.15) is 11.8 Å². The second-order valence-corrected chi connectivity index (χ2v) is 8.92. The molecule has 2 aromatic carbocycles. The van der Waals surface area contributed by atoms with E-state index in [1.807, 2.05) is 42.5 Å². The summed E-state index contributed by atoms with van der Waals surface area (Å²) < 4.78 is 0. The zero-order valence-electron chi connectivity index (χ0n) is 20.5. The highest BCUT2D eigenvalue weighted by molar-refractivity contribution is 5.93. The number of amides is 2. The van der Waals surface area contributed by atoms with Crippen LogP contribution >= 0.6 is 0 Å². The topological polar surface area (TPSA) is 137 Å². The minimum atomic E-state index is -0.850. The Labute approximate surface area is 211 Å². The number of rotatable bonds is 11. The first-order valence-electron chi connectivity index (χ1n) is 12.1. The Kier molecular flexibility index (Phi) is 10.2. The molecule has 1 saturated heterocycles. The van der Waals surface area contributed by atoms with Crippen molar-refractivity contribution in [2.75, 3.05) is 32.7 Å². The summed E-state index contributed by atoms with van der Waals surface area (Å²) in [6.45, 7) is 4.11. The maximum Gasteiger partial charge on any atom is 0.242 e. The highest BCUT2D eigenvalue weighted by Crippen LogP contribution is 2.11. The third-order valence-corrected chi connectivity index (χ3v) is 6.09. The number of hydrogen-bond donors (Lipinski definition) is 5. The molecule has 0 spiro atoms. The van der Waals surface area contributed by atoms with E-state index in [-0.39, 0.29) is 30.5 Å². The molecule has 9 nitrogen and oxygen atoms in total. The summed E-state index contributed by atoms with van der Waals surface area (Å²) >= 11 is 0. The number of carbonyl (C=O) groups excluding carboxylic acids is 3. The molecular weight excluding hydrogens is 458 g/mol. The minimum Gasteiger partial charge on any atom is -0.508 e. The average molecular weight is 494 g/mol. The average Bonchev–Trinajstić information content (AvgIpc) is 2.89. The summed E-state index contributed by atoms with van der Waals surface area (Å²) in [5.74, 6) is -0.878. The molecule has 6 N–H and O–H groups in total. The first kappa shape index (κ1) is 27.1. The molecule has 0 saturated carbocycles. The standard InChI is InChI=1S/C27H35N5O4/c1-19(31-27(36)23(28)16-21-9-11-22(33)12-10-21)26(35)30-18-25(34)24-17-29-13-15-32(24)14-5-8-20-6-3-2-4-7-20/h2-12,19,23-24,29,33H,13-18,28H2,1H3,(H,30,35)(H,31,36)/t19-,23+,24?/m1/s1. The number of benzene rings is 2. The van der Waals surface area contributed by atoms with E-state index in [0.29, 0.717) is 13.1 Å². The molecule has 2 aromatic rings. The van der Waals surface area contributed by atoms with E-state index < -0.39 is 23.9 Å². The summed E-state index contributed by atoms with van der Waals surface area (Å²) in [4.78, 5) is 39.9. The van der Waals surface area contributed by atoms with Gasteiger partial charge in [-0.3, -0.25) is 19.3 Å².